The number of rotatable bonds is 4. The highest BCUT2D eigenvalue weighted by Crippen LogP contribution is 2.29. The Morgan fingerprint density at radius 1 is 1.05 bits per heavy atom. The lowest BCUT2D eigenvalue weighted by Crippen LogP contribution is -2.04. The van der Waals surface area contributed by atoms with Gasteiger partial charge in [-0.1, -0.05) is 50.2 Å². The van der Waals surface area contributed by atoms with Crippen molar-refractivity contribution in [1.29, 1.82) is 0 Å². The van der Waals surface area contributed by atoms with Crippen LogP contribution in [0.5, 0.6) is 0 Å². The molecule has 0 amide bonds. The van der Waals surface area contributed by atoms with Gasteiger partial charge in [-0.3, -0.25) is 0 Å². The van der Waals surface area contributed by atoms with Crippen molar-refractivity contribution < 1.29 is 9.53 Å². The topological polar surface area (TPSA) is 26.3 Å². The molecule has 2 heteroatoms. The standard InChI is InChI=1S/C18H20O2/c1-4-20-18(19)15-11-9-14(10-12-15)17-8-6-5-7-16(17)13(2)3/h5-13H,4H2,1-3H3. The number of esters is 1. The largest absolute Gasteiger partial charge is 0.462 e. The summed E-state index contributed by atoms with van der Waals surface area (Å²) in [5.74, 6) is 0.201. The molecule has 0 aliphatic heterocycles. The van der Waals surface area contributed by atoms with Crippen molar-refractivity contribution >= 4 is 5.97 Å². The summed E-state index contributed by atoms with van der Waals surface area (Å²) >= 11 is 0. The molecule has 0 unspecified atom stereocenters. The number of hydrogen-bond acceptors (Lipinski definition) is 2. The second-order valence-electron chi connectivity index (χ2n) is 5.04. The zero-order chi connectivity index (χ0) is 14.5. The van der Waals surface area contributed by atoms with Crippen LogP contribution >= 0.6 is 0 Å². The van der Waals surface area contributed by atoms with Crippen LogP contribution in [0.4, 0.5) is 0 Å². The van der Waals surface area contributed by atoms with E-state index in [9.17, 15) is 4.79 Å². The molecule has 0 N–H and O–H groups in total. The normalized spacial score (nSPS) is 10.6. The minimum absolute atomic E-state index is 0.267. The molecule has 0 aliphatic carbocycles. The molecule has 0 radical (unpaired) electrons. The van der Waals surface area contributed by atoms with Crippen LogP contribution in [-0.4, -0.2) is 12.6 Å². The fourth-order valence-corrected chi connectivity index (χ4v) is 2.26. The molecule has 2 aromatic carbocycles. The van der Waals surface area contributed by atoms with Gasteiger partial charge in [-0.25, -0.2) is 4.79 Å². The molecule has 0 saturated heterocycles. The Morgan fingerprint density at radius 3 is 2.30 bits per heavy atom. The van der Waals surface area contributed by atoms with Crippen molar-refractivity contribution in [3.05, 3.63) is 59.7 Å². The van der Waals surface area contributed by atoms with E-state index in [1.165, 1.54) is 11.1 Å². The molecule has 2 rings (SSSR count). The summed E-state index contributed by atoms with van der Waals surface area (Å²) in [5.41, 5.74) is 4.26. The Labute approximate surface area is 120 Å². The van der Waals surface area contributed by atoms with Gasteiger partial charge in [0.05, 0.1) is 12.2 Å². The summed E-state index contributed by atoms with van der Waals surface area (Å²) < 4.78 is 5.00. The van der Waals surface area contributed by atoms with Gasteiger partial charge in [0.15, 0.2) is 0 Å². The molecule has 0 fully saturated rings. The Hall–Kier alpha value is -2.09. The second-order valence-corrected chi connectivity index (χ2v) is 5.04. The summed E-state index contributed by atoms with van der Waals surface area (Å²) in [6.07, 6.45) is 0. The number of ether oxygens (including phenoxy) is 1. The maximum absolute atomic E-state index is 11.6. The molecule has 0 heterocycles. The fourth-order valence-electron chi connectivity index (χ4n) is 2.26. The summed E-state index contributed by atoms with van der Waals surface area (Å²) in [6.45, 7) is 6.58. The lowest BCUT2D eigenvalue weighted by Gasteiger charge is -2.13. The Kier molecular flexibility index (Phi) is 4.57. The molecule has 0 spiro atoms. The average molecular weight is 268 g/mol. The third-order valence-corrected chi connectivity index (χ3v) is 3.29. The van der Waals surface area contributed by atoms with E-state index in [1.54, 1.807) is 0 Å². The molecule has 0 atom stereocenters. The van der Waals surface area contributed by atoms with Crippen LogP contribution in [-0.2, 0) is 4.74 Å². The lowest BCUT2D eigenvalue weighted by molar-refractivity contribution is 0.0526. The Bertz CT molecular complexity index is 583. The second kappa shape index (κ2) is 6.38. The predicted octanol–water partition coefficient (Wildman–Crippen LogP) is 4.65. The molecule has 0 saturated carbocycles. The van der Waals surface area contributed by atoms with Gasteiger partial charge in [0.1, 0.15) is 0 Å². The molecule has 2 aromatic rings. The maximum atomic E-state index is 11.6. The summed E-state index contributed by atoms with van der Waals surface area (Å²) in [7, 11) is 0. The molecule has 0 aromatic heterocycles. The quantitative estimate of drug-likeness (QED) is 0.754. The first-order valence-corrected chi connectivity index (χ1v) is 7.00. The summed E-state index contributed by atoms with van der Waals surface area (Å²) in [5, 5.41) is 0. The van der Waals surface area contributed by atoms with Gasteiger partial charge >= 0.3 is 5.97 Å². The molecule has 104 valence electrons. The van der Waals surface area contributed by atoms with E-state index in [1.807, 2.05) is 37.3 Å². The van der Waals surface area contributed by atoms with Crippen molar-refractivity contribution in [1.82, 2.24) is 0 Å². The molecule has 0 bridgehead atoms. The van der Waals surface area contributed by atoms with E-state index in [4.69, 9.17) is 4.74 Å². The zero-order valence-corrected chi connectivity index (χ0v) is 12.2. The molecule has 2 nitrogen and oxygen atoms in total. The first kappa shape index (κ1) is 14.3. The highest BCUT2D eigenvalue weighted by molar-refractivity contribution is 5.90. The van der Waals surface area contributed by atoms with E-state index >= 15 is 0 Å². The van der Waals surface area contributed by atoms with Crippen molar-refractivity contribution in [2.75, 3.05) is 6.61 Å². The van der Waals surface area contributed by atoms with E-state index in [2.05, 4.69) is 32.0 Å². The number of carbonyl (C=O) groups is 1. The van der Waals surface area contributed by atoms with Crippen LogP contribution in [0.1, 0.15) is 42.6 Å². The Morgan fingerprint density at radius 2 is 1.70 bits per heavy atom. The smallest absolute Gasteiger partial charge is 0.338 e. The van der Waals surface area contributed by atoms with Gasteiger partial charge in [-0.2, -0.15) is 0 Å². The van der Waals surface area contributed by atoms with Crippen molar-refractivity contribution in [3.8, 4) is 11.1 Å². The monoisotopic (exact) mass is 268 g/mol. The van der Waals surface area contributed by atoms with Crippen LogP contribution in [0.2, 0.25) is 0 Å². The number of benzene rings is 2. The van der Waals surface area contributed by atoms with Crippen LogP contribution in [0.15, 0.2) is 48.5 Å². The molecular formula is C18H20O2. The molecular weight excluding hydrogens is 248 g/mol. The van der Waals surface area contributed by atoms with Crippen molar-refractivity contribution in [3.63, 3.8) is 0 Å². The molecule has 20 heavy (non-hydrogen) atoms. The van der Waals surface area contributed by atoms with E-state index in [0.717, 1.165) is 5.56 Å². The third kappa shape index (κ3) is 3.08. The predicted molar refractivity (Wildman–Crippen MR) is 81.9 cm³/mol. The lowest BCUT2D eigenvalue weighted by atomic mass is 9.92. The van der Waals surface area contributed by atoms with E-state index in [0.29, 0.717) is 18.1 Å². The van der Waals surface area contributed by atoms with Gasteiger partial charge in [0, 0.05) is 0 Å². The van der Waals surface area contributed by atoms with Gasteiger partial charge in [0.25, 0.3) is 0 Å². The fraction of sp³-hybridized carbons (Fsp3) is 0.278. The van der Waals surface area contributed by atoms with Crippen molar-refractivity contribution in [2.24, 2.45) is 0 Å². The van der Waals surface area contributed by atoms with Gasteiger partial charge < -0.3 is 4.74 Å². The first-order valence-electron chi connectivity index (χ1n) is 7.00. The van der Waals surface area contributed by atoms with Gasteiger partial charge in [-0.05, 0) is 41.7 Å². The van der Waals surface area contributed by atoms with Crippen LogP contribution < -0.4 is 0 Å². The summed E-state index contributed by atoms with van der Waals surface area (Å²) in [4.78, 5) is 11.6. The average Bonchev–Trinajstić information content (AvgIpc) is 2.47. The maximum Gasteiger partial charge on any atom is 0.338 e. The highest BCUT2D eigenvalue weighted by atomic mass is 16.5. The number of hydrogen-bond donors (Lipinski definition) is 0. The highest BCUT2D eigenvalue weighted by Gasteiger charge is 2.10. The van der Waals surface area contributed by atoms with Crippen LogP contribution in [0, 0.1) is 0 Å². The Balaban J connectivity index is 2.33. The number of carbonyl (C=O) groups excluding carboxylic acids is 1. The van der Waals surface area contributed by atoms with Crippen LogP contribution in [0.25, 0.3) is 11.1 Å². The zero-order valence-electron chi connectivity index (χ0n) is 12.2. The third-order valence-electron chi connectivity index (χ3n) is 3.29. The van der Waals surface area contributed by atoms with E-state index < -0.39 is 0 Å². The first-order chi connectivity index (χ1) is 9.63. The van der Waals surface area contributed by atoms with Crippen molar-refractivity contribution in [2.45, 2.75) is 26.7 Å². The van der Waals surface area contributed by atoms with Crippen LogP contribution in [0.3, 0.4) is 0 Å². The van der Waals surface area contributed by atoms with Gasteiger partial charge in [-0.15, -0.1) is 0 Å². The van der Waals surface area contributed by atoms with E-state index in [-0.39, 0.29) is 5.97 Å². The minimum atomic E-state index is -0.267. The summed E-state index contributed by atoms with van der Waals surface area (Å²) in [6, 6.07) is 16.0. The SMILES string of the molecule is CCOC(=O)c1ccc(-c2ccccc2C(C)C)cc1. The molecule has 0 aliphatic rings. The minimum Gasteiger partial charge on any atom is -0.462 e. The van der Waals surface area contributed by atoms with Gasteiger partial charge in [0.2, 0.25) is 0 Å².